The fourth-order valence-corrected chi connectivity index (χ4v) is 16.2. The summed E-state index contributed by atoms with van der Waals surface area (Å²) in [6, 6.07) is 59.2. The lowest BCUT2D eigenvalue weighted by atomic mass is 9.38. The number of benzene rings is 6. The zero-order chi connectivity index (χ0) is 48.9. The van der Waals surface area contributed by atoms with Gasteiger partial charge in [0.25, 0.3) is 0 Å². The maximum atomic E-state index is 16.4. The number of likely N-dealkylation sites (tertiary alicyclic amines) is 1. The van der Waals surface area contributed by atoms with Crippen LogP contribution in [0.25, 0.3) is 0 Å². The Morgan fingerprint density at radius 3 is 0.915 bits per heavy atom. The monoisotopic (exact) mass is 1070 g/mol. The lowest BCUT2D eigenvalue weighted by molar-refractivity contribution is -0.166. The van der Waals surface area contributed by atoms with Gasteiger partial charge < -0.3 is 23.7 Å². The van der Waals surface area contributed by atoms with Crippen molar-refractivity contribution >= 4 is 81.4 Å². The van der Waals surface area contributed by atoms with Crippen molar-refractivity contribution in [2.75, 3.05) is 20.3 Å². The van der Waals surface area contributed by atoms with E-state index in [0.717, 1.165) is 44.5 Å². The zero-order valence-electron chi connectivity index (χ0n) is 37.9. The van der Waals surface area contributed by atoms with E-state index in [9.17, 15) is 0 Å². The van der Waals surface area contributed by atoms with E-state index in [-0.39, 0.29) is 48.6 Å². The fraction of sp³-hybridized carbons (Fsp3) is 0.333. The Morgan fingerprint density at radius 1 is 0.437 bits per heavy atom. The molecule has 362 valence electrons. The van der Waals surface area contributed by atoms with Crippen LogP contribution in [0.4, 0.5) is 0 Å². The van der Waals surface area contributed by atoms with Crippen molar-refractivity contribution < 1.29 is 33.3 Å². The maximum absolute atomic E-state index is 16.4. The van der Waals surface area contributed by atoms with Gasteiger partial charge in [-0.2, -0.15) is 0 Å². The third-order valence-electron chi connectivity index (χ3n) is 17.6. The van der Waals surface area contributed by atoms with Crippen LogP contribution >= 0.6 is 69.6 Å². The Bertz CT molecular complexity index is 2710. The quantitative estimate of drug-likeness (QED) is 0.116. The Morgan fingerprint density at radius 2 is 0.676 bits per heavy atom. The van der Waals surface area contributed by atoms with Gasteiger partial charge in [-0.05, 0) is 44.5 Å². The van der Waals surface area contributed by atoms with Crippen LogP contribution < -0.4 is 0 Å². The molecule has 7 saturated heterocycles. The summed E-state index contributed by atoms with van der Waals surface area (Å²) in [6.45, 7) is 0.374. The van der Waals surface area contributed by atoms with Gasteiger partial charge in [-0.25, -0.2) is 0 Å². The highest BCUT2D eigenvalue weighted by atomic mass is 35.6. The first-order chi connectivity index (χ1) is 34.5. The minimum absolute atomic E-state index is 0.149. The van der Waals surface area contributed by atoms with Crippen molar-refractivity contribution in [2.24, 2.45) is 34.5 Å². The molecular formula is C57H45Cl6NO7. The fourth-order valence-electron chi connectivity index (χ4n) is 16.2. The molecule has 7 fully saturated rings. The molecule has 6 aromatic rings. The SMILES string of the molecule is COCCN1C(=O)C23[C@@H]4O[C@@H]([C@@H]5[C@H]4[C@]4(c6ccccc6)O[C@@]5(c5ccccc5)c5ccccc54)C2(C1=O)[C@@H]1O[C@H]3[C@@H]2[C@H]1[C@]1(c3ccccc3)O[C@@]2(c2ccccc2)c2ccccc21.ClC(Cl)Cl.ClC(Cl)Cl. The molecule has 0 aromatic heterocycles. The summed E-state index contributed by atoms with van der Waals surface area (Å²) in [4.78, 5) is 34.2. The highest BCUT2D eigenvalue weighted by molar-refractivity contribution is 6.63. The van der Waals surface area contributed by atoms with Gasteiger partial charge in [0, 0.05) is 30.8 Å². The summed E-state index contributed by atoms with van der Waals surface area (Å²) < 4.78 is 35.6. The normalized spacial score (nSPS) is 38.1. The first-order valence-corrected chi connectivity index (χ1v) is 26.4. The largest absolute Gasteiger partial charge is 0.383 e. The van der Waals surface area contributed by atoms with E-state index in [2.05, 4.69) is 146 Å². The molecular weight excluding hydrogens is 1020 g/mol. The number of halogens is 6. The van der Waals surface area contributed by atoms with E-state index in [1.54, 1.807) is 7.11 Å². The number of imide groups is 1. The van der Waals surface area contributed by atoms with Crippen molar-refractivity contribution in [1.29, 1.82) is 0 Å². The second-order valence-corrected chi connectivity index (χ2v) is 23.7. The van der Waals surface area contributed by atoms with E-state index in [4.69, 9.17) is 93.3 Å². The van der Waals surface area contributed by atoms with Gasteiger partial charge in [0.2, 0.25) is 11.8 Å². The summed E-state index contributed by atoms with van der Waals surface area (Å²) in [7, 11) is 1.62. The van der Waals surface area contributed by atoms with E-state index in [1.165, 1.54) is 4.90 Å². The second-order valence-electron chi connectivity index (χ2n) is 19.7. The Balaban J connectivity index is 0.000000576. The summed E-state index contributed by atoms with van der Waals surface area (Å²) in [6.07, 6.45) is -2.94. The molecule has 9 heterocycles. The van der Waals surface area contributed by atoms with Crippen LogP contribution in [-0.4, -0.2) is 70.0 Å². The molecule has 2 amide bonds. The van der Waals surface area contributed by atoms with Gasteiger partial charge in [-0.3, -0.25) is 14.5 Å². The molecule has 9 aliphatic heterocycles. The van der Waals surface area contributed by atoms with Crippen molar-refractivity contribution in [1.82, 2.24) is 4.90 Å². The van der Waals surface area contributed by atoms with Crippen LogP contribution in [0.3, 0.4) is 0 Å². The minimum Gasteiger partial charge on any atom is -0.383 e. The molecule has 15 rings (SSSR count). The summed E-state index contributed by atoms with van der Waals surface area (Å²) in [5.41, 5.74) is 1.60. The van der Waals surface area contributed by atoms with Crippen molar-refractivity contribution in [3.63, 3.8) is 0 Å². The van der Waals surface area contributed by atoms with Gasteiger partial charge in [0.1, 0.15) is 33.2 Å². The average molecular weight is 1070 g/mol. The topological polar surface area (TPSA) is 83.5 Å². The molecule has 0 N–H and O–H groups in total. The molecule has 14 atom stereocenters. The minimum atomic E-state index is -1.39. The van der Waals surface area contributed by atoms with E-state index in [1.807, 2.05) is 24.3 Å². The number of hydrogen-bond donors (Lipinski definition) is 0. The summed E-state index contributed by atoms with van der Waals surface area (Å²) in [5, 5.41) is 0. The Hall–Kier alpha value is -4.00. The number of alkyl halides is 6. The van der Waals surface area contributed by atoms with Crippen LogP contribution in [0.2, 0.25) is 0 Å². The third kappa shape index (κ3) is 5.44. The lowest BCUT2D eigenvalue weighted by Crippen LogP contribution is -2.71. The van der Waals surface area contributed by atoms with E-state index in [0.29, 0.717) is 0 Å². The standard InChI is InChI=1S/C55H43NO7.2CHCl3/c1-59-31-30-56-48(57)50-44-40-41(53(33-20-8-3-9-21-33)37-27-15-14-26-36(37)52(40,62-53)32-18-6-2-7-19-32)45(60-44)51(50,49(56)58)47-43-42(46(50)61-47)54(34-22-10-4-11-23-34)38-28-16-17-29-39(38)55(43,63-54)35-24-12-5-13-25-35;2*2-1(3)4/h2-29,40-47H,30-31H2,1H3;2*1H/t40-,41+,42+,43-,44-,45+,46+,47-,50?,51?,52-,53+,54+,55-;;. The van der Waals surface area contributed by atoms with Gasteiger partial charge in [-0.1, -0.05) is 239 Å². The van der Waals surface area contributed by atoms with Gasteiger partial charge in [0.15, 0.2) is 8.59 Å². The predicted octanol–water partition coefficient (Wildman–Crippen LogP) is 11.4. The Labute approximate surface area is 441 Å². The number of carbonyl (C=O) groups excluding carboxylic acids is 2. The Kier molecular flexibility index (Phi) is 10.9. The number of hydrogen-bond acceptors (Lipinski definition) is 7. The number of ether oxygens (including phenoxy) is 5. The van der Waals surface area contributed by atoms with E-state index >= 15 is 9.59 Å². The average Bonchev–Trinajstić information content (AvgIpc) is 4.37. The molecule has 8 nitrogen and oxygen atoms in total. The van der Waals surface area contributed by atoms with Gasteiger partial charge in [0.05, 0.1) is 37.6 Å². The molecule has 8 bridgehead atoms. The van der Waals surface area contributed by atoms with Crippen LogP contribution in [0.1, 0.15) is 44.5 Å². The smallest absolute Gasteiger partial charge is 0.242 e. The molecule has 14 heteroatoms. The summed E-state index contributed by atoms with van der Waals surface area (Å²) in [5.74, 6) is -1.84. The number of fused-ring (bicyclic) bond motifs is 24. The van der Waals surface area contributed by atoms with Gasteiger partial charge >= 0.3 is 0 Å². The highest BCUT2D eigenvalue weighted by Crippen LogP contribution is 2.89. The molecule has 2 unspecified atom stereocenters. The number of amides is 2. The molecule has 0 spiro atoms. The molecule has 0 saturated carbocycles. The predicted molar refractivity (Wildman–Crippen MR) is 271 cm³/mol. The third-order valence-corrected chi connectivity index (χ3v) is 17.6. The summed E-state index contributed by atoms with van der Waals surface area (Å²) >= 11 is 28.8. The molecule has 9 aliphatic rings. The highest BCUT2D eigenvalue weighted by Gasteiger charge is 3.01. The zero-order valence-corrected chi connectivity index (χ0v) is 42.5. The first-order valence-electron chi connectivity index (χ1n) is 23.8. The van der Waals surface area contributed by atoms with Crippen LogP contribution in [0.5, 0.6) is 0 Å². The maximum Gasteiger partial charge on any atom is 0.242 e. The molecule has 0 aliphatic carbocycles. The molecule has 0 radical (unpaired) electrons. The van der Waals surface area contributed by atoms with Crippen LogP contribution in [0.15, 0.2) is 170 Å². The number of rotatable bonds is 7. The first kappa shape index (κ1) is 46.8. The van der Waals surface area contributed by atoms with Crippen molar-refractivity contribution in [3.05, 3.63) is 214 Å². The number of nitrogens with zero attached hydrogens (tertiary/aromatic N) is 1. The molecule has 6 aromatic carbocycles. The molecule has 71 heavy (non-hydrogen) atoms. The second kappa shape index (κ2) is 16.5. The van der Waals surface area contributed by atoms with Crippen LogP contribution in [0, 0.1) is 34.5 Å². The van der Waals surface area contributed by atoms with Crippen molar-refractivity contribution in [2.45, 2.75) is 55.4 Å². The number of methoxy groups -OCH3 is 1. The van der Waals surface area contributed by atoms with E-state index < -0.39 is 66.2 Å². The van der Waals surface area contributed by atoms with Gasteiger partial charge in [-0.15, -0.1) is 0 Å². The van der Waals surface area contributed by atoms with Crippen LogP contribution in [-0.2, 0) is 55.7 Å². The lowest BCUT2D eigenvalue weighted by Gasteiger charge is -2.56. The van der Waals surface area contributed by atoms with Crippen molar-refractivity contribution in [3.8, 4) is 0 Å². The number of carbonyl (C=O) groups is 2.